The second kappa shape index (κ2) is 8.08. The molecule has 0 bridgehead atoms. The van der Waals surface area contributed by atoms with Crippen molar-refractivity contribution in [1.29, 1.82) is 0 Å². The quantitative estimate of drug-likeness (QED) is 0.755. The lowest BCUT2D eigenvalue weighted by atomic mass is 9.97. The molecule has 2 fully saturated rings. The average Bonchev–Trinajstić information content (AvgIpc) is 3.07. The van der Waals surface area contributed by atoms with E-state index < -0.39 is 0 Å². The largest absolute Gasteiger partial charge is 0.466 e. The maximum absolute atomic E-state index is 13.1. The van der Waals surface area contributed by atoms with Crippen molar-refractivity contribution in [3.63, 3.8) is 0 Å². The molecule has 2 heterocycles. The topological polar surface area (TPSA) is 66.9 Å². The third kappa shape index (κ3) is 3.85. The number of nitrogens with zero attached hydrogens (tertiary/aromatic N) is 2. The zero-order valence-corrected chi connectivity index (χ0v) is 15.6. The van der Waals surface area contributed by atoms with Crippen molar-refractivity contribution in [2.24, 2.45) is 5.92 Å². The Morgan fingerprint density at radius 3 is 2.77 bits per heavy atom. The maximum atomic E-state index is 13.1. The summed E-state index contributed by atoms with van der Waals surface area (Å²) in [5, 5.41) is 0.485. The number of amides is 2. The van der Waals surface area contributed by atoms with Crippen molar-refractivity contribution in [2.45, 2.75) is 32.6 Å². The van der Waals surface area contributed by atoms with Crippen molar-refractivity contribution in [2.75, 3.05) is 31.1 Å². The molecule has 2 saturated heterocycles. The van der Waals surface area contributed by atoms with Gasteiger partial charge in [-0.3, -0.25) is 14.4 Å². The molecule has 3 rings (SSSR count). The molecule has 0 saturated carbocycles. The van der Waals surface area contributed by atoms with Gasteiger partial charge >= 0.3 is 5.97 Å². The molecule has 2 amide bonds. The molecular formula is C19H23ClN2O4. The Balaban J connectivity index is 1.83. The van der Waals surface area contributed by atoms with Gasteiger partial charge in [0.15, 0.2) is 0 Å². The number of carbonyl (C=O) groups is 3. The Labute approximate surface area is 158 Å². The van der Waals surface area contributed by atoms with Gasteiger partial charge in [-0.05, 0) is 44.4 Å². The summed E-state index contributed by atoms with van der Waals surface area (Å²) < 4.78 is 5.10. The van der Waals surface area contributed by atoms with Gasteiger partial charge in [-0.1, -0.05) is 11.6 Å². The fraction of sp³-hybridized carbons (Fsp3) is 0.526. The van der Waals surface area contributed by atoms with Gasteiger partial charge in [0, 0.05) is 31.1 Å². The average molecular weight is 379 g/mol. The van der Waals surface area contributed by atoms with Gasteiger partial charge in [-0.15, -0.1) is 0 Å². The van der Waals surface area contributed by atoms with Crippen LogP contribution in [0.4, 0.5) is 5.69 Å². The van der Waals surface area contributed by atoms with Gasteiger partial charge in [-0.25, -0.2) is 0 Å². The van der Waals surface area contributed by atoms with E-state index >= 15 is 0 Å². The minimum atomic E-state index is -0.295. The first-order chi connectivity index (χ1) is 12.5. The SMILES string of the molecule is CCOC(=O)C1CCCN(C(=O)c2ccc(Cl)cc2N2CCCC2=O)C1. The number of halogens is 1. The number of benzene rings is 1. The standard InChI is InChI=1S/C19H23ClN2O4/c1-2-26-19(25)13-5-3-9-21(12-13)18(24)15-8-7-14(20)11-16(15)22-10-4-6-17(22)23/h7-8,11,13H,2-6,9-10,12H2,1H3. The number of anilines is 1. The predicted molar refractivity (Wildman–Crippen MR) is 98.3 cm³/mol. The molecule has 0 spiro atoms. The number of hydrogen-bond acceptors (Lipinski definition) is 4. The van der Waals surface area contributed by atoms with Crippen molar-refractivity contribution in [3.05, 3.63) is 28.8 Å². The lowest BCUT2D eigenvalue weighted by molar-refractivity contribution is -0.149. The lowest BCUT2D eigenvalue weighted by Crippen LogP contribution is -2.43. The summed E-state index contributed by atoms with van der Waals surface area (Å²) in [5.74, 6) is -0.720. The summed E-state index contributed by atoms with van der Waals surface area (Å²) in [4.78, 5) is 40.6. The second-order valence-electron chi connectivity index (χ2n) is 6.65. The summed E-state index contributed by atoms with van der Waals surface area (Å²) in [6.45, 7) is 3.63. The van der Waals surface area contributed by atoms with Crippen LogP contribution in [0.2, 0.25) is 5.02 Å². The third-order valence-corrected chi connectivity index (χ3v) is 5.12. The van der Waals surface area contributed by atoms with Crippen molar-refractivity contribution < 1.29 is 19.1 Å². The van der Waals surface area contributed by atoms with Gasteiger partial charge in [0.25, 0.3) is 5.91 Å². The number of esters is 1. The zero-order valence-electron chi connectivity index (χ0n) is 14.9. The Kier molecular flexibility index (Phi) is 5.81. The third-order valence-electron chi connectivity index (χ3n) is 4.88. The second-order valence-corrected chi connectivity index (χ2v) is 7.09. The van der Waals surface area contributed by atoms with E-state index in [0.717, 1.165) is 19.3 Å². The highest BCUT2D eigenvalue weighted by Gasteiger charge is 2.32. The van der Waals surface area contributed by atoms with Gasteiger partial charge in [0.1, 0.15) is 0 Å². The smallest absolute Gasteiger partial charge is 0.310 e. The molecule has 7 heteroatoms. The number of rotatable bonds is 4. The fourth-order valence-corrected chi connectivity index (χ4v) is 3.76. The van der Waals surface area contributed by atoms with Gasteiger partial charge in [0.05, 0.1) is 23.8 Å². The van der Waals surface area contributed by atoms with Crippen LogP contribution in [0, 0.1) is 5.92 Å². The van der Waals surface area contributed by atoms with Crippen LogP contribution in [0.25, 0.3) is 0 Å². The number of likely N-dealkylation sites (tertiary alicyclic amines) is 1. The minimum absolute atomic E-state index is 0.00404. The molecular weight excluding hydrogens is 356 g/mol. The molecule has 2 aliphatic heterocycles. The number of ether oxygens (including phenoxy) is 1. The molecule has 1 aromatic rings. The Morgan fingerprint density at radius 1 is 1.27 bits per heavy atom. The van der Waals surface area contributed by atoms with Crippen molar-refractivity contribution in [3.8, 4) is 0 Å². The zero-order chi connectivity index (χ0) is 18.7. The molecule has 26 heavy (non-hydrogen) atoms. The van der Waals surface area contributed by atoms with Gasteiger partial charge in [0.2, 0.25) is 5.91 Å². The van der Waals surface area contributed by atoms with E-state index in [9.17, 15) is 14.4 Å². The summed E-state index contributed by atoms with van der Waals surface area (Å²) in [7, 11) is 0. The Morgan fingerprint density at radius 2 is 2.08 bits per heavy atom. The monoisotopic (exact) mass is 378 g/mol. The molecule has 0 aromatic heterocycles. The van der Waals surface area contributed by atoms with Gasteiger partial charge < -0.3 is 14.5 Å². The Bertz CT molecular complexity index is 721. The van der Waals surface area contributed by atoms with E-state index in [4.69, 9.17) is 16.3 Å². The molecule has 6 nitrogen and oxygen atoms in total. The van der Waals surface area contributed by atoms with Crippen LogP contribution in [0.5, 0.6) is 0 Å². The fourth-order valence-electron chi connectivity index (χ4n) is 3.60. The van der Waals surface area contributed by atoms with Gasteiger partial charge in [-0.2, -0.15) is 0 Å². The highest BCUT2D eigenvalue weighted by atomic mass is 35.5. The van der Waals surface area contributed by atoms with Crippen LogP contribution in [-0.4, -0.2) is 48.9 Å². The summed E-state index contributed by atoms with van der Waals surface area (Å²) in [6, 6.07) is 5.00. The number of carbonyl (C=O) groups excluding carboxylic acids is 3. The van der Waals surface area contributed by atoms with E-state index in [1.165, 1.54) is 0 Å². The number of piperidine rings is 1. The van der Waals surface area contributed by atoms with E-state index in [-0.39, 0.29) is 23.7 Å². The summed E-state index contributed by atoms with van der Waals surface area (Å²) in [6.07, 6.45) is 2.73. The van der Waals surface area contributed by atoms with Crippen LogP contribution >= 0.6 is 11.6 Å². The van der Waals surface area contributed by atoms with Crippen molar-refractivity contribution >= 4 is 35.1 Å². The van der Waals surface area contributed by atoms with Crippen LogP contribution < -0.4 is 4.90 Å². The van der Waals surface area contributed by atoms with Crippen LogP contribution in [0.15, 0.2) is 18.2 Å². The molecule has 0 N–H and O–H groups in total. The first-order valence-corrected chi connectivity index (χ1v) is 9.45. The molecule has 1 atom stereocenters. The van der Waals surface area contributed by atoms with E-state index in [1.54, 1.807) is 34.9 Å². The molecule has 2 aliphatic rings. The highest BCUT2D eigenvalue weighted by molar-refractivity contribution is 6.31. The van der Waals surface area contributed by atoms with Crippen LogP contribution in [-0.2, 0) is 14.3 Å². The van der Waals surface area contributed by atoms with Crippen molar-refractivity contribution in [1.82, 2.24) is 4.90 Å². The summed E-state index contributed by atoms with van der Waals surface area (Å²) in [5.41, 5.74) is 1.01. The van der Waals surface area contributed by atoms with E-state index in [1.807, 2.05) is 0 Å². The van der Waals surface area contributed by atoms with E-state index in [0.29, 0.717) is 48.9 Å². The molecule has 0 aliphatic carbocycles. The highest BCUT2D eigenvalue weighted by Crippen LogP contribution is 2.30. The normalized spacial score (nSPS) is 20.4. The molecule has 1 unspecified atom stereocenters. The van der Waals surface area contributed by atoms with E-state index in [2.05, 4.69) is 0 Å². The first kappa shape index (κ1) is 18.7. The minimum Gasteiger partial charge on any atom is -0.466 e. The molecule has 140 valence electrons. The maximum Gasteiger partial charge on any atom is 0.310 e. The van der Waals surface area contributed by atoms with Crippen LogP contribution in [0.3, 0.4) is 0 Å². The summed E-state index contributed by atoms with van der Waals surface area (Å²) >= 11 is 6.11. The molecule has 1 aromatic carbocycles. The molecule has 0 radical (unpaired) electrons. The first-order valence-electron chi connectivity index (χ1n) is 9.07. The number of hydrogen-bond donors (Lipinski definition) is 0. The Hall–Kier alpha value is -2.08. The predicted octanol–water partition coefficient (Wildman–Crippen LogP) is 2.88. The lowest BCUT2D eigenvalue weighted by Gasteiger charge is -2.32. The van der Waals surface area contributed by atoms with Crippen LogP contribution in [0.1, 0.15) is 43.0 Å².